The first kappa shape index (κ1) is 13.7. The lowest BCUT2D eigenvalue weighted by atomic mass is 10.1. The number of hydrogen-bond acceptors (Lipinski definition) is 2. The zero-order valence-corrected chi connectivity index (χ0v) is 11.2. The Kier molecular flexibility index (Phi) is 5.13. The molecular weight excluding hydrogens is 212 g/mol. The SMILES string of the molecule is CCC(C)N(C(=O)c1cccnc1)C(C)CC. The minimum Gasteiger partial charge on any atom is -0.333 e. The summed E-state index contributed by atoms with van der Waals surface area (Å²) in [6, 6.07) is 4.15. The molecule has 0 aromatic carbocycles. The zero-order chi connectivity index (χ0) is 12.8. The minimum atomic E-state index is 0.0850. The molecule has 1 aromatic heterocycles. The van der Waals surface area contributed by atoms with Crippen molar-refractivity contribution in [3.63, 3.8) is 0 Å². The van der Waals surface area contributed by atoms with Crippen molar-refractivity contribution >= 4 is 5.91 Å². The summed E-state index contributed by atoms with van der Waals surface area (Å²) in [7, 11) is 0. The summed E-state index contributed by atoms with van der Waals surface area (Å²) >= 11 is 0. The molecule has 0 radical (unpaired) electrons. The first-order valence-electron chi connectivity index (χ1n) is 6.34. The highest BCUT2D eigenvalue weighted by Crippen LogP contribution is 2.15. The van der Waals surface area contributed by atoms with Gasteiger partial charge in [0.2, 0.25) is 0 Å². The molecule has 2 unspecified atom stereocenters. The molecule has 0 aliphatic heterocycles. The molecule has 3 heteroatoms. The Hall–Kier alpha value is -1.38. The van der Waals surface area contributed by atoms with E-state index in [0.717, 1.165) is 12.8 Å². The van der Waals surface area contributed by atoms with Gasteiger partial charge >= 0.3 is 0 Å². The van der Waals surface area contributed by atoms with E-state index < -0.39 is 0 Å². The fourth-order valence-corrected chi connectivity index (χ4v) is 1.87. The van der Waals surface area contributed by atoms with Crippen molar-refractivity contribution in [2.24, 2.45) is 0 Å². The summed E-state index contributed by atoms with van der Waals surface area (Å²) in [4.78, 5) is 18.4. The standard InChI is InChI=1S/C14H22N2O/c1-5-11(3)16(12(4)6-2)14(17)13-8-7-9-15-10-13/h7-12H,5-6H2,1-4H3. The lowest BCUT2D eigenvalue weighted by Gasteiger charge is -2.34. The molecule has 0 N–H and O–H groups in total. The molecule has 0 saturated carbocycles. The van der Waals surface area contributed by atoms with Gasteiger partial charge in [-0.1, -0.05) is 13.8 Å². The van der Waals surface area contributed by atoms with E-state index >= 15 is 0 Å². The van der Waals surface area contributed by atoms with Crippen LogP contribution in [0.2, 0.25) is 0 Å². The number of rotatable bonds is 5. The predicted molar refractivity (Wildman–Crippen MR) is 69.9 cm³/mol. The molecule has 1 heterocycles. The molecule has 0 fully saturated rings. The van der Waals surface area contributed by atoms with Crippen LogP contribution in [0.4, 0.5) is 0 Å². The monoisotopic (exact) mass is 234 g/mol. The number of amides is 1. The molecule has 94 valence electrons. The fourth-order valence-electron chi connectivity index (χ4n) is 1.87. The van der Waals surface area contributed by atoms with Crippen LogP contribution < -0.4 is 0 Å². The number of nitrogens with zero attached hydrogens (tertiary/aromatic N) is 2. The van der Waals surface area contributed by atoms with Crippen molar-refractivity contribution in [2.75, 3.05) is 0 Å². The Morgan fingerprint density at radius 2 is 1.88 bits per heavy atom. The Morgan fingerprint density at radius 3 is 2.29 bits per heavy atom. The minimum absolute atomic E-state index is 0.0850. The van der Waals surface area contributed by atoms with Crippen LogP contribution in [-0.2, 0) is 0 Å². The lowest BCUT2D eigenvalue weighted by molar-refractivity contribution is 0.0598. The van der Waals surface area contributed by atoms with E-state index in [-0.39, 0.29) is 18.0 Å². The van der Waals surface area contributed by atoms with Gasteiger partial charge in [-0.25, -0.2) is 0 Å². The van der Waals surface area contributed by atoms with Crippen molar-refractivity contribution < 1.29 is 4.79 Å². The van der Waals surface area contributed by atoms with Gasteiger partial charge in [0.05, 0.1) is 5.56 Å². The van der Waals surface area contributed by atoms with Crippen LogP contribution in [0.1, 0.15) is 50.9 Å². The summed E-state index contributed by atoms with van der Waals surface area (Å²) in [6.07, 6.45) is 5.26. The molecule has 3 nitrogen and oxygen atoms in total. The first-order valence-corrected chi connectivity index (χ1v) is 6.34. The van der Waals surface area contributed by atoms with E-state index in [1.165, 1.54) is 0 Å². The molecule has 1 amide bonds. The van der Waals surface area contributed by atoms with E-state index in [1.54, 1.807) is 18.5 Å². The summed E-state index contributed by atoms with van der Waals surface area (Å²) in [5.74, 6) is 0.0850. The van der Waals surface area contributed by atoms with E-state index in [1.807, 2.05) is 11.0 Å². The van der Waals surface area contributed by atoms with Gasteiger partial charge in [0, 0.05) is 24.5 Å². The van der Waals surface area contributed by atoms with Crippen LogP contribution >= 0.6 is 0 Å². The van der Waals surface area contributed by atoms with Crippen molar-refractivity contribution in [3.8, 4) is 0 Å². The van der Waals surface area contributed by atoms with Gasteiger partial charge in [0.15, 0.2) is 0 Å². The Labute approximate surface area is 104 Å². The molecule has 0 spiro atoms. The van der Waals surface area contributed by atoms with Gasteiger partial charge < -0.3 is 4.90 Å². The van der Waals surface area contributed by atoms with Crippen molar-refractivity contribution in [3.05, 3.63) is 30.1 Å². The first-order chi connectivity index (χ1) is 8.11. The van der Waals surface area contributed by atoms with E-state index in [0.29, 0.717) is 5.56 Å². The highest BCUT2D eigenvalue weighted by molar-refractivity contribution is 5.94. The molecule has 17 heavy (non-hydrogen) atoms. The fraction of sp³-hybridized carbons (Fsp3) is 0.571. The van der Waals surface area contributed by atoms with Gasteiger partial charge in [0.25, 0.3) is 5.91 Å². The van der Waals surface area contributed by atoms with E-state index in [2.05, 4.69) is 32.7 Å². The topological polar surface area (TPSA) is 33.2 Å². The second-order valence-corrected chi connectivity index (χ2v) is 4.47. The maximum absolute atomic E-state index is 12.4. The average Bonchev–Trinajstić information content (AvgIpc) is 2.39. The molecule has 1 aromatic rings. The van der Waals surface area contributed by atoms with Crippen molar-refractivity contribution in [2.45, 2.75) is 52.6 Å². The van der Waals surface area contributed by atoms with Crippen LogP contribution in [0.3, 0.4) is 0 Å². The van der Waals surface area contributed by atoms with Crippen LogP contribution in [0.25, 0.3) is 0 Å². The third-order valence-corrected chi connectivity index (χ3v) is 3.27. The van der Waals surface area contributed by atoms with E-state index in [9.17, 15) is 4.79 Å². The molecule has 1 rings (SSSR count). The Balaban J connectivity index is 2.95. The largest absolute Gasteiger partial charge is 0.333 e. The highest BCUT2D eigenvalue weighted by atomic mass is 16.2. The molecule has 2 atom stereocenters. The normalized spacial score (nSPS) is 14.1. The summed E-state index contributed by atoms with van der Waals surface area (Å²) in [5, 5.41) is 0. The molecule has 0 saturated heterocycles. The highest BCUT2D eigenvalue weighted by Gasteiger charge is 2.24. The number of hydrogen-bond donors (Lipinski definition) is 0. The third kappa shape index (κ3) is 3.29. The average molecular weight is 234 g/mol. The number of pyridine rings is 1. The quantitative estimate of drug-likeness (QED) is 0.784. The van der Waals surface area contributed by atoms with Crippen LogP contribution in [0.5, 0.6) is 0 Å². The number of aromatic nitrogens is 1. The maximum Gasteiger partial charge on any atom is 0.255 e. The van der Waals surface area contributed by atoms with Crippen molar-refractivity contribution in [1.82, 2.24) is 9.88 Å². The molecule has 0 bridgehead atoms. The van der Waals surface area contributed by atoms with Gasteiger partial charge in [-0.2, -0.15) is 0 Å². The molecular formula is C14H22N2O. The molecule has 0 aliphatic carbocycles. The molecule has 0 aliphatic rings. The van der Waals surface area contributed by atoms with Crippen LogP contribution in [-0.4, -0.2) is 27.9 Å². The lowest BCUT2D eigenvalue weighted by Crippen LogP contribution is -2.44. The zero-order valence-electron chi connectivity index (χ0n) is 11.2. The number of carbonyl (C=O) groups is 1. The summed E-state index contributed by atoms with van der Waals surface area (Å²) in [5.41, 5.74) is 0.674. The Morgan fingerprint density at radius 1 is 1.29 bits per heavy atom. The van der Waals surface area contributed by atoms with Crippen molar-refractivity contribution in [1.29, 1.82) is 0 Å². The second-order valence-electron chi connectivity index (χ2n) is 4.47. The Bertz CT molecular complexity index is 340. The van der Waals surface area contributed by atoms with Gasteiger partial charge in [0.1, 0.15) is 0 Å². The summed E-state index contributed by atoms with van der Waals surface area (Å²) < 4.78 is 0. The number of carbonyl (C=O) groups excluding carboxylic acids is 1. The van der Waals surface area contributed by atoms with E-state index in [4.69, 9.17) is 0 Å². The second kappa shape index (κ2) is 6.38. The van der Waals surface area contributed by atoms with Gasteiger partial charge in [-0.3, -0.25) is 9.78 Å². The third-order valence-electron chi connectivity index (χ3n) is 3.27. The van der Waals surface area contributed by atoms with Gasteiger partial charge in [-0.05, 0) is 38.8 Å². The van der Waals surface area contributed by atoms with Crippen LogP contribution in [0.15, 0.2) is 24.5 Å². The maximum atomic E-state index is 12.4. The predicted octanol–water partition coefficient (Wildman–Crippen LogP) is 3.12. The van der Waals surface area contributed by atoms with Crippen LogP contribution in [0, 0.1) is 0 Å². The smallest absolute Gasteiger partial charge is 0.255 e. The summed E-state index contributed by atoms with van der Waals surface area (Å²) in [6.45, 7) is 8.41. The van der Waals surface area contributed by atoms with Gasteiger partial charge in [-0.15, -0.1) is 0 Å².